The molecule has 0 aliphatic heterocycles. The second-order valence-corrected chi connectivity index (χ2v) is 6.82. The van der Waals surface area contributed by atoms with E-state index in [1.165, 1.54) is 17.0 Å². The highest BCUT2D eigenvalue weighted by atomic mass is 19.1. The molecule has 4 aromatic rings. The lowest BCUT2D eigenvalue weighted by Gasteiger charge is -2.24. The van der Waals surface area contributed by atoms with E-state index in [2.05, 4.69) is 25.0 Å². The maximum Gasteiger partial charge on any atom is 0.419 e. The smallest absolute Gasteiger partial charge is 0.419 e. The van der Waals surface area contributed by atoms with Gasteiger partial charge in [0.15, 0.2) is 17.5 Å². The summed E-state index contributed by atoms with van der Waals surface area (Å²) in [5.74, 6) is -2.13. The Morgan fingerprint density at radius 3 is 2.68 bits per heavy atom. The van der Waals surface area contributed by atoms with Gasteiger partial charge in [-0.3, -0.25) is 4.68 Å². The summed E-state index contributed by atoms with van der Waals surface area (Å²) in [6, 6.07) is 9.33. The molecule has 3 aromatic heterocycles. The molecule has 11 nitrogen and oxygen atoms in total. The standard InChI is InChI=1S/C21H18F2N6O5/c1-32-20(30)29(21(31)33-2)19-14(23)10-24-18(25-19)16-9-17(15-7-8-34-27-15)28(26-16)11-12-5-3-4-6-13(12)22/h3-10,20,30H,11H2,1-2H3. The summed E-state index contributed by atoms with van der Waals surface area (Å²) < 4.78 is 44.5. The minimum atomic E-state index is -1.88. The Balaban J connectivity index is 1.80. The average Bonchev–Trinajstić information content (AvgIpc) is 3.51. The second kappa shape index (κ2) is 9.72. The van der Waals surface area contributed by atoms with Crippen molar-refractivity contribution >= 4 is 11.9 Å². The van der Waals surface area contributed by atoms with E-state index in [1.807, 2.05) is 0 Å². The van der Waals surface area contributed by atoms with Crippen LogP contribution in [-0.4, -0.2) is 56.7 Å². The average molecular weight is 472 g/mol. The number of carbonyl (C=O) groups excluding carboxylic acids is 1. The molecule has 0 saturated carbocycles. The zero-order valence-corrected chi connectivity index (χ0v) is 17.9. The number of benzene rings is 1. The first-order valence-corrected chi connectivity index (χ1v) is 9.76. The molecule has 1 atom stereocenters. The molecule has 0 aliphatic carbocycles. The zero-order chi connectivity index (χ0) is 24.2. The third kappa shape index (κ3) is 4.46. The number of halogens is 2. The van der Waals surface area contributed by atoms with Crippen LogP contribution in [0.25, 0.3) is 22.9 Å². The van der Waals surface area contributed by atoms with Crippen molar-refractivity contribution in [2.75, 3.05) is 19.1 Å². The molecule has 34 heavy (non-hydrogen) atoms. The molecule has 0 saturated heterocycles. The van der Waals surface area contributed by atoms with E-state index < -0.39 is 30.0 Å². The predicted molar refractivity (Wildman–Crippen MR) is 112 cm³/mol. The molecular formula is C21H18F2N6O5. The Hall–Kier alpha value is -4.23. The minimum Gasteiger partial charge on any atom is -0.452 e. The molecule has 13 heteroatoms. The highest BCUT2D eigenvalue weighted by Gasteiger charge is 2.30. The van der Waals surface area contributed by atoms with Crippen LogP contribution in [0.2, 0.25) is 0 Å². The van der Waals surface area contributed by atoms with Gasteiger partial charge >= 0.3 is 6.09 Å². The third-order valence-corrected chi connectivity index (χ3v) is 4.74. The summed E-state index contributed by atoms with van der Waals surface area (Å²) in [5.41, 5.74) is 1.38. The second-order valence-electron chi connectivity index (χ2n) is 6.82. The number of aliphatic hydroxyl groups is 1. The van der Waals surface area contributed by atoms with Crippen molar-refractivity contribution in [2.24, 2.45) is 0 Å². The molecule has 0 spiro atoms. The summed E-state index contributed by atoms with van der Waals surface area (Å²) in [7, 11) is 2.15. The number of nitrogens with zero attached hydrogens (tertiary/aromatic N) is 6. The van der Waals surface area contributed by atoms with Gasteiger partial charge in [0.05, 0.1) is 25.5 Å². The van der Waals surface area contributed by atoms with E-state index in [1.54, 1.807) is 30.3 Å². The number of hydrogen-bond acceptors (Lipinski definition) is 9. The number of aromatic nitrogens is 5. The van der Waals surface area contributed by atoms with Gasteiger partial charge in [-0.2, -0.15) is 5.10 Å². The van der Waals surface area contributed by atoms with Crippen LogP contribution in [0.15, 0.2) is 53.4 Å². The van der Waals surface area contributed by atoms with Gasteiger partial charge in [-0.25, -0.2) is 28.4 Å². The summed E-state index contributed by atoms with van der Waals surface area (Å²) in [6.07, 6.45) is -0.829. The van der Waals surface area contributed by atoms with Crippen LogP contribution in [0, 0.1) is 11.6 Å². The van der Waals surface area contributed by atoms with E-state index in [0.717, 1.165) is 20.4 Å². The molecule has 176 valence electrons. The summed E-state index contributed by atoms with van der Waals surface area (Å²) in [6.45, 7) is 0.0413. The van der Waals surface area contributed by atoms with E-state index in [4.69, 9.17) is 9.26 Å². The van der Waals surface area contributed by atoms with Gasteiger partial charge in [-0.15, -0.1) is 0 Å². The number of methoxy groups -OCH3 is 2. The number of anilines is 1. The number of ether oxygens (including phenoxy) is 2. The van der Waals surface area contributed by atoms with Crippen molar-refractivity contribution in [3.8, 4) is 22.9 Å². The quantitative estimate of drug-likeness (QED) is 0.404. The van der Waals surface area contributed by atoms with Crippen LogP contribution in [0.5, 0.6) is 0 Å². The fourth-order valence-electron chi connectivity index (χ4n) is 3.12. The lowest BCUT2D eigenvalue weighted by molar-refractivity contribution is -0.0719. The van der Waals surface area contributed by atoms with Crippen molar-refractivity contribution in [2.45, 2.75) is 13.0 Å². The first-order chi connectivity index (χ1) is 16.4. The Morgan fingerprint density at radius 1 is 1.21 bits per heavy atom. The van der Waals surface area contributed by atoms with Gasteiger partial charge < -0.3 is 19.1 Å². The minimum absolute atomic E-state index is 0.0413. The molecule has 0 fully saturated rings. The van der Waals surface area contributed by atoms with E-state index in [0.29, 0.717) is 21.9 Å². The number of rotatable bonds is 7. The Kier molecular flexibility index (Phi) is 6.56. The summed E-state index contributed by atoms with van der Waals surface area (Å²) in [5, 5.41) is 18.3. The highest BCUT2D eigenvalue weighted by Crippen LogP contribution is 2.27. The van der Waals surface area contributed by atoms with Crippen molar-refractivity contribution < 1.29 is 32.7 Å². The molecule has 1 N–H and O–H groups in total. The lowest BCUT2D eigenvalue weighted by atomic mass is 10.2. The van der Waals surface area contributed by atoms with E-state index in [9.17, 15) is 18.7 Å². The van der Waals surface area contributed by atoms with Crippen molar-refractivity contribution in [1.29, 1.82) is 0 Å². The predicted octanol–water partition coefficient (Wildman–Crippen LogP) is 2.82. The van der Waals surface area contributed by atoms with Crippen molar-refractivity contribution in [3.63, 3.8) is 0 Å². The van der Waals surface area contributed by atoms with Crippen LogP contribution in [0.3, 0.4) is 0 Å². The Labute approximate surface area is 191 Å². The van der Waals surface area contributed by atoms with Gasteiger partial charge in [-0.05, 0) is 12.1 Å². The summed E-state index contributed by atoms with van der Waals surface area (Å²) in [4.78, 5) is 20.6. The number of aliphatic hydroxyl groups excluding tert-OH is 1. The topological polar surface area (TPSA) is 129 Å². The molecule has 4 rings (SSSR count). The maximum atomic E-state index is 14.5. The fraction of sp³-hybridized carbons (Fsp3) is 0.190. The van der Waals surface area contributed by atoms with Gasteiger partial charge in [0.1, 0.15) is 23.5 Å². The Bertz CT molecular complexity index is 1300. The third-order valence-electron chi connectivity index (χ3n) is 4.74. The zero-order valence-electron chi connectivity index (χ0n) is 17.9. The molecular weight excluding hydrogens is 454 g/mol. The number of hydrogen-bond donors (Lipinski definition) is 1. The van der Waals surface area contributed by atoms with Gasteiger partial charge in [0.25, 0.3) is 0 Å². The van der Waals surface area contributed by atoms with E-state index in [-0.39, 0.29) is 18.1 Å². The maximum absolute atomic E-state index is 14.5. The molecule has 3 heterocycles. The first kappa shape index (κ1) is 22.9. The fourth-order valence-corrected chi connectivity index (χ4v) is 3.12. The van der Waals surface area contributed by atoms with Crippen LogP contribution in [-0.2, 0) is 16.0 Å². The monoisotopic (exact) mass is 472 g/mol. The van der Waals surface area contributed by atoms with Crippen LogP contribution in [0.4, 0.5) is 19.4 Å². The largest absolute Gasteiger partial charge is 0.452 e. The first-order valence-electron chi connectivity index (χ1n) is 9.76. The van der Waals surface area contributed by atoms with E-state index >= 15 is 0 Å². The van der Waals surface area contributed by atoms with Gasteiger partial charge in [-0.1, -0.05) is 23.4 Å². The Morgan fingerprint density at radius 2 is 2.00 bits per heavy atom. The molecule has 0 radical (unpaired) electrons. The molecule has 0 aliphatic rings. The van der Waals surface area contributed by atoms with Gasteiger partial charge in [0.2, 0.25) is 6.41 Å². The molecule has 1 amide bonds. The molecule has 0 bridgehead atoms. The molecule has 1 aromatic carbocycles. The summed E-state index contributed by atoms with van der Waals surface area (Å²) >= 11 is 0. The lowest BCUT2D eigenvalue weighted by Crippen LogP contribution is -2.42. The highest BCUT2D eigenvalue weighted by molar-refractivity contribution is 5.86. The number of carbonyl (C=O) groups is 1. The molecule has 1 unspecified atom stereocenters. The number of amides is 1. The van der Waals surface area contributed by atoms with Crippen LogP contribution >= 0.6 is 0 Å². The van der Waals surface area contributed by atoms with Gasteiger partial charge in [0, 0.05) is 18.7 Å². The SMILES string of the molecule is COC(=O)N(c1nc(-c2cc(-c3ccon3)n(Cc3ccccc3F)n2)ncc1F)C(O)OC. The van der Waals surface area contributed by atoms with Crippen molar-refractivity contribution in [1.82, 2.24) is 24.9 Å². The van der Waals surface area contributed by atoms with Crippen molar-refractivity contribution in [3.05, 3.63) is 66.1 Å². The van der Waals surface area contributed by atoms with Crippen LogP contribution < -0.4 is 4.90 Å². The van der Waals surface area contributed by atoms with Crippen LogP contribution in [0.1, 0.15) is 5.56 Å². The normalized spacial score (nSPS) is 11.9.